The molecule has 1 atom stereocenters. The minimum Gasteiger partial charge on any atom is -0.489 e. The molecule has 0 saturated carbocycles. The average Bonchev–Trinajstić information content (AvgIpc) is 2.72. The summed E-state index contributed by atoms with van der Waals surface area (Å²) in [6.45, 7) is 3.47. The van der Waals surface area contributed by atoms with E-state index in [4.69, 9.17) is 16.3 Å². The van der Waals surface area contributed by atoms with Crippen LogP contribution in [0.4, 0.5) is 0 Å². The second kappa shape index (κ2) is 10.1. The second-order valence-electron chi connectivity index (χ2n) is 6.66. The standard InChI is InChI=1S/C24H26ClNO/c1-2-9-23(20-12-7-4-8-13-20)26-17-21-16-22(25)14-15-24(21)27-18-19-10-5-3-6-11-19/h3-8,10-16,23,26H,2,9,17-18H2,1H3. The molecule has 0 spiro atoms. The molecule has 0 aromatic heterocycles. The lowest BCUT2D eigenvalue weighted by molar-refractivity contribution is 0.301. The SMILES string of the molecule is CCCC(NCc1cc(Cl)ccc1OCc1ccccc1)c1ccccc1. The van der Waals surface area contributed by atoms with E-state index in [0.29, 0.717) is 19.2 Å². The van der Waals surface area contributed by atoms with E-state index < -0.39 is 0 Å². The lowest BCUT2D eigenvalue weighted by atomic mass is 10.0. The van der Waals surface area contributed by atoms with Gasteiger partial charge in [0.05, 0.1) is 0 Å². The first kappa shape index (κ1) is 19.5. The van der Waals surface area contributed by atoms with Crippen LogP contribution in [0.1, 0.15) is 42.5 Å². The van der Waals surface area contributed by atoms with E-state index in [0.717, 1.165) is 34.7 Å². The first-order valence-electron chi connectivity index (χ1n) is 9.49. The largest absolute Gasteiger partial charge is 0.489 e. The van der Waals surface area contributed by atoms with Crippen molar-refractivity contribution in [3.05, 3.63) is 101 Å². The van der Waals surface area contributed by atoms with Gasteiger partial charge in [0, 0.05) is 23.2 Å². The zero-order valence-corrected chi connectivity index (χ0v) is 16.5. The van der Waals surface area contributed by atoms with Gasteiger partial charge in [-0.15, -0.1) is 0 Å². The quantitative estimate of drug-likeness (QED) is 0.455. The molecule has 0 fully saturated rings. The van der Waals surface area contributed by atoms with Crippen LogP contribution in [0.2, 0.25) is 5.02 Å². The van der Waals surface area contributed by atoms with Crippen LogP contribution in [0.25, 0.3) is 0 Å². The van der Waals surface area contributed by atoms with E-state index in [1.54, 1.807) is 0 Å². The molecule has 3 aromatic carbocycles. The molecular formula is C24H26ClNO. The van der Waals surface area contributed by atoms with Crippen molar-refractivity contribution < 1.29 is 4.74 Å². The lowest BCUT2D eigenvalue weighted by Gasteiger charge is -2.20. The molecule has 0 aliphatic heterocycles. The van der Waals surface area contributed by atoms with Crippen LogP contribution in [-0.2, 0) is 13.2 Å². The molecule has 2 nitrogen and oxygen atoms in total. The molecule has 3 heteroatoms. The lowest BCUT2D eigenvalue weighted by Crippen LogP contribution is -2.21. The zero-order valence-electron chi connectivity index (χ0n) is 15.7. The molecule has 0 radical (unpaired) electrons. The topological polar surface area (TPSA) is 21.3 Å². The molecule has 140 valence electrons. The van der Waals surface area contributed by atoms with Gasteiger partial charge in [0.2, 0.25) is 0 Å². The van der Waals surface area contributed by atoms with Crippen molar-refractivity contribution in [2.45, 2.75) is 39.0 Å². The van der Waals surface area contributed by atoms with Gasteiger partial charge in [0.25, 0.3) is 0 Å². The molecule has 27 heavy (non-hydrogen) atoms. The molecule has 3 aromatic rings. The van der Waals surface area contributed by atoms with Crippen LogP contribution in [0.3, 0.4) is 0 Å². The van der Waals surface area contributed by atoms with Gasteiger partial charge in [-0.3, -0.25) is 0 Å². The summed E-state index contributed by atoms with van der Waals surface area (Å²) in [7, 11) is 0. The number of halogens is 1. The molecule has 0 aliphatic rings. The summed E-state index contributed by atoms with van der Waals surface area (Å²) in [6.07, 6.45) is 2.21. The minimum atomic E-state index is 0.317. The maximum absolute atomic E-state index is 6.24. The third kappa shape index (κ3) is 5.85. The summed E-state index contributed by atoms with van der Waals surface area (Å²) in [4.78, 5) is 0. The van der Waals surface area contributed by atoms with Gasteiger partial charge < -0.3 is 10.1 Å². The summed E-state index contributed by atoms with van der Waals surface area (Å²) in [5, 5.41) is 4.41. The van der Waals surface area contributed by atoms with Crippen molar-refractivity contribution in [3.63, 3.8) is 0 Å². The summed E-state index contributed by atoms with van der Waals surface area (Å²) in [5.41, 5.74) is 3.54. The zero-order chi connectivity index (χ0) is 18.9. The Hall–Kier alpha value is -2.29. The molecule has 3 rings (SSSR count). The molecule has 0 saturated heterocycles. The highest BCUT2D eigenvalue weighted by Crippen LogP contribution is 2.26. The first-order valence-corrected chi connectivity index (χ1v) is 9.87. The molecule has 1 unspecified atom stereocenters. The van der Waals surface area contributed by atoms with Crippen LogP contribution in [-0.4, -0.2) is 0 Å². The number of ether oxygens (including phenoxy) is 1. The number of benzene rings is 3. The van der Waals surface area contributed by atoms with Gasteiger partial charge >= 0.3 is 0 Å². The maximum atomic E-state index is 6.24. The van der Waals surface area contributed by atoms with E-state index in [9.17, 15) is 0 Å². The third-order valence-electron chi connectivity index (χ3n) is 4.58. The van der Waals surface area contributed by atoms with E-state index in [1.165, 1.54) is 5.56 Å². The minimum absolute atomic E-state index is 0.317. The van der Waals surface area contributed by atoms with Crippen LogP contribution >= 0.6 is 11.6 Å². The predicted octanol–water partition coefficient (Wildman–Crippen LogP) is 6.55. The van der Waals surface area contributed by atoms with Crippen LogP contribution in [0.5, 0.6) is 5.75 Å². The van der Waals surface area contributed by atoms with Gasteiger partial charge in [-0.05, 0) is 35.7 Å². The summed E-state index contributed by atoms with van der Waals surface area (Å²) >= 11 is 6.24. The van der Waals surface area contributed by atoms with E-state index in [2.05, 4.69) is 54.7 Å². The van der Waals surface area contributed by atoms with Crippen LogP contribution in [0, 0.1) is 0 Å². The number of hydrogen-bond acceptors (Lipinski definition) is 2. The van der Waals surface area contributed by atoms with Crippen molar-refractivity contribution in [1.82, 2.24) is 5.32 Å². The Balaban J connectivity index is 1.70. The fourth-order valence-electron chi connectivity index (χ4n) is 3.16. The Morgan fingerprint density at radius 2 is 1.63 bits per heavy atom. The summed E-state index contributed by atoms with van der Waals surface area (Å²) in [5.74, 6) is 0.874. The van der Waals surface area contributed by atoms with Gasteiger partial charge in [-0.1, -0.05) is 85.6 Å². The predicted molar refractivity (Wildman–Crippen MR) is 113 cm³/mol. The fraction of sp³-hybridized carbons (Fsp3) is 0.250. The third-order valence-corrected chi connectivity index (χ3v) is 4.81. The van der Waals surface area contributed by atoms with Crippen LogP contribution in [0.15, 0.2) is 78.9 Å². The van der Waals surface area contributed by atoms with Gasteiger partial charge in [-0.2, -0.15) is 0 Å². The van der Waals surface area contributed by atoms with Gasteiger partial charge in [0.1, 0.15) is 12.4 Å². The Bertz CT molecular complexity index is 820. The Kier molecular flexibility index (Phi) is 7.32. The highest BCUT2D eigenvalue weighted by Gasteiger charge is 2.12. The Morgan fingerprint density at radius 1 is 0.926 bits per heavy atom. The number of hydrogen-bond donors (Lipinski definition) is 1. The molecule has 0 amide bonds. The monoisotopic (exact) mass is 379 g/mol. The highest BCUT2D eigenvalue weighted by molar-refractivity contribution is 6.30. The van der Waals surface area contributed by atoms with E-state index >= 15 is 0 Å². The Morgan fingerprint density at radius 3 is 2.33 bits per heavy atom. The van der Waals surface area contributed by atoms with Crippen molar-refractivity contribution >= 4 is 11.6 Å². The van der Waals surface area contributed by atoms with E-state index in [1.807, 2.05) is 36.4 Å². The highest BCUT2D eigenvalue weighted by atomic mass is 35.5. The molecule has 0 heterocycles. The molecular weight excluding hydrogens is 354 g/mol. The van der Waals surface area contributed by atoms with Gasteiger partial charge in [-0.25, -0.2) is 0 Å². The van der Waals surface area contributed by atoms with Crippen molar-refractivity contribution in [2.75, 3.05) is 0 Å². The van der Waals surface area contributed by atoms with Crippen molar-refractivity contribution in [2.24, 2.45) is 0 Å². The van der Waals surface area contributed by atoms with E-state index in [-0.39, 0.29) is 0 Å². The number of rotatable bonds is 9. The number of nitrogens with one attached hydrogen (secondary N) is 1. The van der Waals surface area contributed by atoms with Gasteiger partial charge in [0.15, 0.2) is 0 Å². The molecule has 0 aliphatic carbocycles. The van der Waals surface area contributed by atoms with Crippen molar-refractivity contribution in [3.8, 4) is 5.75 Å². The molecule has 0 bridgehead atoms. The normalized spacial score (nSPS) is 11.9. The fourth-order valence-corrected chi connectivity index (χ4v) is 3.35. The molecule has 1 N–H and O–H groups in total. The smallest absolute Gasteiger partial charge is 0.124 e. The Labute approximate surface area is 167 Å². The average molecular weight is 380 g/mol. The summed E-state index contributed by atoms with van der Waals surface area (Å²) in [6, 6.07) is 26.9. The maximum Gasteiger partial charge on any atom is 0.124 e. The van der Waals surface area contributed by atoms with Crippen molar-refractivity contribution in [1.29, 1.82) is 0 Å². The summed E-state index contributed by atoms with van der Waals surface area (Å²) < 4.78 is 6.08. The second-order valence-corrected chi connectivity index (χ2v) is 7.10. The first-order chi connectivity index (χ1) is 13.3. The van der Waals surface area contributed by atoms with Crippen LogP contribution < -0.4 is 10.1 Å².